The van der Waals surface area contributed by atoms with E-state index < -0.39 is 10.0 Å². The predicted octanol–water partition coefficient (Wildman–Crippen LogP) is 2.41. The molecule has 3 rings (SSSR count). The van der Waals surface area contributed by atoms with Gasteiger partial charge in [0.05, 0.1) is 17.7 Å². The molecular formula is C22H32N4O4S. The third kappa shape index (κ3) is 7.68. The van der Waals surface area contributed by atoms with Gasteiger partial charge in [-0.25, -0.2) is 18.5 Å². The smallest absolute Gasteiger partial charge is 0.238 e. The lowest BCUT2D eigenvalue weighted by Gasteiger charge is -2.19. The lowest BCUT2D eigenvalue weighted by atomic mass is 10.0. The maximum absolute atomic E-state index is 11.4. The van der Waals surface area contributed by atoms with Gasteiger partial charge in [0.1, 0.15) is 5.76 Å². The number of benzene rings is 1. The average molecular weight is 449 g/mol. The summed E-state index contributed by atoms with van der Waals surface area (Å²) >= 11 is 0. The second kappa shape index (κ2) is 10.8. The van der Waals surface area contributed by atoms with Gasteiger partial charge in [-0.2, -0.15) is 0 Å². The Morgan fingerprint density at radius 2 is 2.00 bits per heavy atom. The Morgan fingerprint density at radius 1 is 1.23 bits per heavy atom. The molecule has 4 N–H and O–H groups in total. The second-order valence-electron chi connectivity index (χ2n) is 7.91. The molecule has 0 bridgehead atoms. The van der Waals surface area contributed by atoms with Crippen LogP contribution in [-0.2, 0) is 27.7 Å². The molecule has 1 aliphatic carbocycles. The molecule has 1 aliphatic rings. The number of primary sulfonamides is 1. The van der Waals surface area contributed by atoms with Crippen molar-refractivity contribution in [1.82, 2.24) is 10.6 Å². The molecule has 2 aromatic rings. The van der Waals surface area contributed by atoms with Gasteiger partial charge in [0.15, 0.2) is 5.96 Å². The van der Waals surface area contributed by atoms with Crippen molar-refractivity contribution in [2.75, 3.05) is 26.3 Å². The van der Waals surface area contributed by atoms with E-state index in [2.05, 4.69) is 15.6 Å². The summed E-state index contributed by atoms with van der Waals surface area (Å²) < 4.78 is 33.8. The van der Waals surface area contributed by atoms with Crippen LogP contribution < -0.4 is 15.8 Å². The van der Waals surface area contributed by atoms with Crippen molar-refractivity contribution < 1.29 is 17.6 Å². The Bertz CT molecular complexity index is 936. The van der Waals surface area contributed by atoms with Gasteiger partial charge in [-0.15, -0.1) is 0 Å². The van der Waals surface area contributed by atoms with Crippen molar-refractivity contribution in [3.05, 3.63) is 54.0 Å². The average Bonchev–Trinajstić information content (AvgIpc) is 3.32. The summed E-state index contributed by atoms with van der Waals surface area (Å²) in [6.07, 6.45) is 5.86. The SMILES string of the molecule is CCOCCC1(CNC(=NCc2ccc(S(N)(=O)=O)cc2)NCCc2ccco2)CC1. The summed E-state index contributed by atoms with van der Waals surface area (Å²) in [6.45, 7) is 5.50. The van der Waals surface area contributed by atoms with Crippen molar-refractivity contribution >= 4 is 16.0 Å². The third-order valence-corrected chi connectivity index (χ3v) is 6.41. The van der Waals surface area contributed by atoms with Gasteiger partial charge in [0.2, 0.25) is 10.0 Å². The van der Waals surface area contributed by atoms with Crippen molar-refractivity contribution in [2.24, 2.45) is 15.5 Å². The van der Waals surface area contributed by atoms with E-state index in [-0.39, 0.29) is 10.3 Å². The monoisotopic (exact) mass is 448 g/mol. The number of ether oxygens (including phenoxy) is 1. The Hall–Kier alpha value is -2.36. The minimum atomic E-state index is -3.69. The fourth-order valence-corrected chi connectivity index (χ4v) is 3.80. The number of sulfonamides is 1. The normalized spacial score (nSPS) is 15.6. The van der Waals surface area contributed by atoms with Crippen molar-refractivity contribution in [3.63, 3.8) is 0 Å². The zero-order valence-corrected chi connectivity index (χ0v) is 18.8. The third-order valence-electron chi connectivity index (χ3n) is 5.48. The van der Waals surface area contributed by atoms with Gasteiger partial charge in [0.25, 0.3) is 0 Å². The number of hydrogen-bond donors (Lipinski definition) is 3. The minimum Gasteiger partial charge on any atom is -0.469 e. The number of nitrogens with one attached hydrogen (secondary N) is 2. The van der Waals surface area contributed by atoms with Crippen LogP contribution in [0.4, 0.5) is 0 Å². The molecule has 31 heavy (non-hydrogen) atoms. The van der Waals surface area contributed by atoms with Crippen LogP contribution in [-0.4, -0.2) is 40.7 Å². The van der Waals surface area contributed by atoms with Crippen molar-refractivity contribution in [1.29, 1.82) is 0 Å². The van der Waals surface area contributed by atoms with Gasteiger partial charge in [0, 0.05) is 32.7 Å². The standard InChI is InChI=1S/C22H32N4O4S/c1-2-29-15-12-22(10-11-22)17-26-21(24-13-9-19-4-3-14-30-19)25-16-18-5-7-20(8-6-18)31(23,27)28/h3-8,14H,2,9-13,15-17H2,1H3,(H2,23,27,28)(H2,24,25,26). The van der Waals surface area contributed by atoms with E-state index in [1.807, 2.05) is 19.1 Å². The summed E-state index contributed by atoms with van der Waals surface area (Å²) in [5.41, 5.74) is 1.19. The van der Waals surface area contributed by atoms with E-state index >= 15 is 0 Å². The molecule has 0 spiro atoms. The molecule has 0 saturated heterocycles. The van der Waals surface area contributed by atoms with Crippen LogP contribution in [0.5, 0.6) is 0 Å². The lowest BCUT2D eigenvalue weighted by molar-refractivity contribution is 0.128. The van der Waals surface area contributed by atoms with E-state index in [1.165, 1.54) is 25.0 Å². The minimum absolute atomic E-state index is 0.0973. The molecule has 0 aliphatic heterocycles. The fourth-order valence-electron chi connectivity index (χ4n) is 3.28. The molecule has 0 unspecified atom stereocenters. The molecule has 9 heteroatoms. The highest BCUT2D eigenvalue weighted by atomic mass is 32.2. The quantitative estimate of drug-likeness (QED) is 0.261. The molecule has 0 atom stereocenters. The lowest BCUT2D eigenvalue weighted by Crippen LogP contribution is -2.41. The fraction of sp³-hybridized carbons (Fsp3) is 0.500. The van der Waals surface area contributed by atoms with Crippen LogP contribution in [0.25, 0.3) is 0 Å². The maximum Gasteiger partial charge on any atom is 0.238 e. The van der Waals surface area contributed by atoms with Crippen LogP contribution in [0, 0.1) is 5.41 Å². The zero-order valence-electron chi connectivity index (χ0n) is 18.0. The number of rotatable bonds is 12. The van der Waals surface area contributed by atoms with Crippen LogP contribution in [0.15, 0.2) is 57.0 Å². The van der Waals surface area contributed by atoms with Crippen LogP contribution in [0.1, 0.15) is 37.5 Å². The van der Waals surface area contributed by atoms with E-state index in [1.54, 1.807) is 18.4 Å². The predicted molar refractivity (Wildman–Crippen MR) is 120 cm³/mol. The molecular weight excluding hydrogens is 416 g/mol. The summed E-state index contributed by atoms with van der Waals surface area (Å²) in [4.78, 5) is 4.78. The second-order valence-corrected chi connectivity index (χ2v) is 9.47. The highest BCUT2D eigenvalue weighted by molar-refractivity contribution is 7.89. The first-order chi connectivity index (χ1) is 14.9. The number of furan rings is 1. The largest absolute Gasteiger partial charge is 0.469 e. The van der Waals surface area contributed by atoms with E-state index in [0.717, 1.165) is 49.9 Å². The Balaban J connectivity index is 1.58. The molecule has 170 valence electrons. The van der Waals surface area contributed by atoms with E-state index in [4.69, 9.17) is 14.3 Å². The number of aliphatic imine (C=N–C) groups is 1. The number of nitrogens with two attached hydrogens (primary N) is 1. The van der Waals surface area contributed by atoms with Crippen LogP contribution >= 0.6 is 0 Å². The maximum atomic E-state index is 11.4. The number of nitrogens with zero attached hydrogens (tertiary/aromatic N) is 1. The summed E-state index contributed by atoms with van der Waals surface area (Å²) in [6, 6.07) is 10.3. The zero-order chi connectivity index (χ0) is 22.2. The summed E-state index contributed by atoms with van der Waals surface area (Å²) in [7, 11) is -3.69. The van der Waals surface area contributed by atoms with Crippen molar-refractivity contribution in [2.45, 2.75) is 44.0 Å². The molecule has 0 amide bonds. The Kier molecular flexibility index (Phi) is 8.11. The van der Waals surface area contributed by atoms with E-state index in [0.29, 0.717) is 13.1 Å². The summed E-state index contributed by atoms with van der Waals surface area (Å²) in [5.74, 6) is 1.64. The molecule has 1 fully saturated rings. The van der Waals surface area contributed by atoms with Gasteiger partial charge in [-0.3, -0.25) is 0 Å². The topological polar surface area (TPSA) is 119 Å². The highest BCUT2D eigenvalue weighted by Crippen LogP contribution is 2.48. The number of hydrogen-bond acceptors (Lipinski definition) is 5. The van der Waals surface area contributed by atoms with Crippen LogP contribution in [0.3, 0.4) is 0 Å². The Morgan fingerprint density at radius 3 is 2.61 bits per heavy atom. The molecule has 8 nitrogen and oxygen atoms in total. The first-order valence-corrected chi connectivity index (χ1v) is 12.2. The summed E-state index contributed by atoms with van der Waals surface area (Å²) in [5, 5.41) is 12.0. The molecule has 1 aromatic heterocycles. The van der Waals surface area contributed by atoms with Crippen molar-refractivity contribution in [3.8, 4) is 0 Å². The first-order valence-electron chi connectivity index (χ1n) is 10.6. The van der Waals surface area contributed by atoms with Crippen LogP contribution in [0.2, 0.25) is 0 Å². The highest BCUT2D eigenvalue weighted by Gasteiger charge is 2.41. The molecule has 1 heterocycles. The molecule has 0 radical (unpaired) electrons. The first kappa shape index (κ1) is 23.3. The van der Waals surface area contributed by atoms with Gasteiger partial charge >= 0.3 is 0 Å². The van der Waals surface area contributed by atoms with Gasteiger partial charge in [-0.05, 0) is 61.4 Å². The van der Waals surface area contributed by atoms with Gasteiger partial charge < -0.3 is 19.8 Å². The number of guanidine groups is 1. The Labute approximate surface area is 184 Å². The molecule has 1 aromatic carbocycles. The van der Waals surface area contributed by atoms with E-state index in [9.17, 15) is 8.42 Å². The molecule has 1 saturated carbocycles. The van der Waals surface area contributed by atoms with Gasteiger partial charge in [-0.1, -0.05) is 12.1 Å².